The van der Waals surface area contributed by atoms with Gasteiger partial charge in [0.2, 0.25) is 0 Å². The molecule has 0 bridgehead atoms. The van der Waals surface area contributed by atoms with Crippen LogP contribution in [0.3, 0.4) is 0 Å². The SMILES string of the molecule is O=c1[nH]c2ccnn2c2c1CN(Cc1ccccc1)CC2. The first-order chi connectivity index (χ1) is 10.3. The lowest BCUT2D eigenvalue weighted by Gasteiger charge is -2.28. The van der Waals surface area contributed by atoms with Crippen molar-refractivity contribution in [1.82, 2.24) is 19.5 Å². The Bertz CT molecular complexity index is 834. The fraction of sp³-hybridized carbons (Fsp3) is 0.250. The summed E-state index contributed by atoms with van der Waals surface area (Å²) in [6, 6.07) is 12.2. The van der Waals surface area contributed by atoms with Crippen LogP contribution in [0, 0.1) is 0 Å². The van der Waals surface area contributed by atoms with Crippen LogP contribution >= 0.6 is 0 Å². The zero-order valence-electron chi connectivity index (χ0n) is 11.6. The van der Waals surface area contributed by atoms with Crippen LogP contribution in [0.5, 0.6) is 0 Å². The molecule has 21 heavy (non-hydrogen) atoms. The van der Waals surface area contributed by atoms with E-state index in [2.05, 4.69) is 27.1 Å². The molecule has 5 nitrogen and oxygen atoms in total. The highest BCUT2D eigenvalue weighted by molar-refractivity contribution is 5.40. The van der Waals surface area contributed by atoms with Gasteiger partial charge in [0.15, 0.2) is 0 Å². The average Bonchev–Trinajstić information content (AvgIpc) is 2.97. The summed E-state index contributed by atoms with van der Waals surface area (Å²) in [6.07, 6.45) is 2.58. The van der Waals surface area contributed by atoms with Gasteiger partial charge in [0.25, 0.3) is 5.56 Å². The van der Waals surface area contributed by atoms with Crippen LogP contribution < -0.4 is 5.56 Å². The quantitative estimate of drug-likeness (QED) is 0.775. The van der Waals surface area contributed by atoms with Crippen molar-refractivity contribution in [3.05, 3.63) is 69.8 Å². The van der Waals surface area contributed by atoms with Gasteiger partial charge in [-0.3, -0.25) is 9.69 Å². The normalized spacial score (nSPS) is 15.2. The van der Waals surface area contributed by atoms with Gasteiger partial charge < -0.3 is 4.98 Å². The van der Waals surface area contributed by atoms with Crippen molar-refractivity contribution in [2.45, 2.75) is 19.5 Å². The van der Waals surface area contributed by atoms with Crippen LogP contribution in [0.1, 0.15) is 16.8 Å². The number of nitrogens with one attached hydrogen (secondary N) is 1. The fourth-order valence-electron chi connectivity index (χ4n) is 3.03. The second kappa shape index (κ2) is 4.86. The number of H-pyrrole nitrogens is 1. The Morgan fingerprint density at radius 2 is 2.05 bits per heavy atom. The molecular weight excluding hydrogens is 264 g/mol. The molecule has 0 saturated heterocycles. The summed E-state index contributed by atoms with van der Waals surface area (Å²) in [7, 11) is 0. The summed E-state index contributed by atoms with van der Waals surface area (Å²) < 4.78 is 1.86. The highest BCUT2D eigenvalue weighted by Crippen LogP contribution is 2.18. The lowest BCUT2D eigenvalue weighted by Crippen LogP contribution is -2.36. The molecule has 0 spiro atoms. The van der Waals surface area contributed by atoms with Gasteiger partial charge in [0.05, 0.1) is 17.5 Å². The van der Waals surface area contributed by atoms with Crippen molar-refractivity contribution in [3.63, 3.8) is 0 Å². The van der Waals surface area contributed by atoms with E-state index in [1.807, 2.05) is 28.8 Å². The van der Waals surface area contributed by atoms with Crippen molar-refractivity contribution in [2.75, 3.05) is 6.54 Å². The van der Waals surface area contributed by atoms with Gasteiger partial charge in [-0.05, 0) is 5.56 Å². The Morgan fingerprint density at radius 3 is 2.90 bits per heavy atom. The third-order valence-corrected chi connectivity index (χ3v) is 4.06. The molecule has 0 atom stereocenters. The Morgan fingerprint density at radius 1 is 1.19 bits per heavy atom. The molecule has 1 aliphatic rings. The van der Waals surface area contributed by atoms with E-state index in [0.29, 0.717) is 6.54 Å². The highest BCUT2D eigenvalue weighted by Gasteiger charge is 2.22. The Labute approximate surface area is 121 Å². The molecule has 0 fully saturated rings. The number of benzene rings is 1. The fourth-order valence-corrected chi connectivity index (χ4v) is 3.03. The molecule has 4 rings (SSSR count). The molecule has 0 amide bonds. The van der Waals surface area contributed by atoms with Gasteiger partial charge in [0, 0.05) is 32.1 Å². The zero-order valence-corrected chi connectivity index (χ0v) is 11.6. The van der Waals surface area contributed by atoms with Gasteiger partial charge >= 0.3 is 0 Å². The smallest absolute Gasteiger partial charge is 0.255 e. The summed E-state index contributed by atoms with van der Waals surface area (Å²) in [5, 5.41) is 4.31. The van der Waals surface area contributed by atoms with Crippen LogP contribution in [-0.2, 0) is 19.5 Å². The summed E-state index contributed by atoms with van der Waals surface area (Å²) in [6.45, 7) is 2.49. The molecule has 1 aliphatic heterocycles. The van der Waals surface area contributed by atoms with E-state index in [-0.39, 0.29) is 5.56 Å². The third kappa shape index (κ3) is 2.15. The minimum atomic E-state index is 0.00996. The maximum absolute atomic E-state index is 12.3. The topological polar surface area (TPSA) is 53.4 Å². The van der Waals surface area contributed by atoms with Crippen LogP contribution in [0.25, 0.3) is 5.65 Å². The molecule has 0 aliphatic carbocycles. The van der Waals surface area contributed by atoms with Crippen molar-refractivity contribution in [1.29, 1.82) is 0 Å². The molecule has 2 aromatic heterocycles. The highest BCUT2D eigenvalue weighted by atomic mass is 16.1. The van der Waals surface area contributed by atoms with Crippen LogP contribution in [0.15, 0.2) is 47.4 Å². The molecule has 3 heterocycles. The van der Waals surface area contributed by atoms with Crippen molar-refractivity contribution < 1.29 is 0 Å². The van der Waals surface area contributed by atoms with E-state index in [1.54, 1.807) is 6.20 Å². The van der Waals surface area contributed by atoms with E-state index in [1.165, 1.54) is 5.56 Å². The number of aromatic amines is 1. The third-order valence-electron chi connectivity index (χ3n) is 4.06. The predicted molar refractivity (Wildman–Crippen MR) is 80.1 cm³/mol. The average molecular weight is 280 g/mol. The van der Waals surface area contributed by atoms with E-state index in [0.717, 1.165) is 36.4 Å². The Kier molecular flexibility index (Phi) is 2.86. The van der Waals surface area contributed by atoms with Gasteiger partial charge in [-0.1, -0.05) is 30.3 Å². The van der Waals surface area contributed by atoms with Crippen LogP contribution in [0.4, 0.5) is 0 Å². The van der Waals surface area contributed by atoms with E-state index in [9.17, 15) is 4.79 Å². The van der Waals surface area contributed by atoms with Gasteiger partial charge in [-0.15, -0.1) is 0 Å². The minimum Gasteiger partial charge on any atom is -0.307 e. The first-order valence-electron chi connectivity index (χ1n) is 7.15. The molecule has 3 aromatic rings. The van der Waals surface area contributed by atoms with E-state index >= 15 is 0 Å². The first kappa shape index (κ1) is 12.3. The standard InChI is InChI=1S/C16H16N4O/c21-16-13-11-19(10-12-4-2-1-3-5-12)9-7-14(13)20-15(18-16)6-8-17-20/h1-6,8H,7,9-11H2,(H,18,21). The molecule has 1 aromatic carbocycles. The molecule has 0 unspecified atom stereocenters. The van der Waals surface area contributed by atoms with Gasteiger partial charge in [-0.25, -0.2) is 4.52 Å². The Balaban J connectivity index is 1.67. The number of rotatable bonds is 2. The summed E-state index contributed by atoms with van der Waals surface area (Å²) in [5.74, 6) is 0. The lowest BCUT2D eigenvalue weighted by atomic mass is 10.1. The largest absolute Gasteiger partial charge is 0.307 e. The maximum Gasteiger partial charge on any atom is 0.255 e. The second-order valence-corrected chi connectivity index (χ2v) is 5.45. The minimum absolute atomic E-state index is 0.00996. The first-order valence-corrected chi connectivity index (χ1v) is 7.15. The van der Waals surface area contributed by atoms with Gasteiger partial charge in [0.1, 0.15) is 5.65 Å². The Hall–Kier alpha value is -2.40. The second-order valence-electron chi connectivity index (χ2n) is 5.45. The van der Waals surface area contributed by atoms with Gasteiger partial charge in [-0.2, -0.15) is 5.10 Å². The number of hydrogen-bond donors (Lipinski definition) is 1. The number of nitrogens with zero attached hydrogens (tertiary/aromatic N) is 3. The number of hydrogen-bond acceptors (Lipinski definition) is 3. The van der Waals surface area contributed by atoms with Crippen molar-refractivity contribution in [3.8, 4) is 0 Å². The maximum atomic E-state index is 12.3. The van der Waals surface area contributed by atoms with Crippen molar-refractivity contribution in [2.24, 2.45) is 0 Å². The summed E-state index contributed by atoms with van der Waals surface area (Å²) in [4.78, 5) is 17.5. The lowest BCUT2D eigenvalue weighted by molar-refractivity contribution is 0.240. The van der Waals surface area contributed by atoms with E-state index < -0.39 is 0 Å². The number of fused-ring (bicyclic) bond motifs is 3. The number of aromatic nitrogens is 3. The molecule has 0 radical (unpaired) electrons. The molecule has 5 heteroatoms. The predicted octanol–water partition coefficient (Wildman–Crippen LogP) is 1.58. The van der Waals surface area contributed by atoms with Crippen LogP contribution in [-0.4, -0.2) is 26.0 Å². The molecule has 1 N–H and O–H groups in total. The molecule has 0 saturated carbocycles. The summed E-state index contributed by atoms with van der Waals surface area (Å²) in [5.41, 5.74) is 3.94. The monoisotopic (exact) mass is 280 g/mol. The van der Waals surface area contributed by atoms with Crippen molar-refractivity contribution >= 4 is 5.65 Å². The van der Waals surface area contributed by atoms with Crippen LogP contribution in [0.2, 0.25) is 0 Å². The molecular formula is C16H16N4O. The molecule has 106 valence electrons. The summed E-state index contributed by atoms with van der Waals surface area (Å²) >= 11 is 0. The zero-order chi connectivity index (χ0) is 14.2. The van der Waals surface area contributed by atoms with E-state index in [4.69, 9.17) is 0 Å².